The number of nitrogen functional groups attached to an aromatic ring is 1. The zero-order chi connectivity index (χ0) is 22.4. The summed E-state index contributed by atoms with van der Waals surface area (Å²) >= 11 is 0. The Balaban J connectivity index is 2.03. The molecule has 2 heterocycles. The predicted molar refractivity (Wildman–Crippen MR) is 119 cm³/mol. The molecule has 9 heteroatoms. The number of unbranched alkanes of at least 4 members (excludes halogenated alkanes) is 2. The summed E-state index contributed by atoms with van der Waals surface area (Å²) in [7, 11) is 0. The van der Waals surface area contributed by atoms with Gasteiger partial charge < -0.3 is 10.3 Å². The summed E-state index contributed by atoms with van der Waals surface area (Å²) in [6.07, 6.45) is 3.00. The number of nitrogens with zero attached hydrogens (tertiary/aromatic N) is 3. The number of rotatable bonds is 9. The maximum absolute atomic E-state index is 13.3. The summed E-state index contributed by atoms with van der Waals surface area (Å²) in [5.41, 5.74) is 5.72. The lowest BCUT2D eigenvalue weighted by atomic mass is 10.1. The number of carbonyl (C=O) groups excluding carboxylic acids is 1. The van der Waals surface area contributed by atoms with E-state index in [2.05, 4.69) is 10.1 Å². The van der Waals surface area contributed by atoms with E-state index in [9.17, 15) is 14.4 Å². The molecular weight excluding hydrogens is 398 g/mol. The molecule has 31 heavy (non-hydrogen) atoms. The molecule has 3 aromatic rings. The van der Waals surface area contributed by atoms with Crippen molar-refractivity contribution in [3.05, 3.63) is 62.9 Å². The monoisotopic (exact) mass is 425 g/mol. The Morgan fingerprint density at radius 1 is 1.16 bits per heavy atom. The van der Waals surface area contributed by atoms with E-state index < -0.39 is 17.2 Å². The smallest absolute Gasteiger partial charge is 0.330 e. The SMILES string of the molecule is CCCCN(C(=O)c1cc(-c2ccccc2)on1)c1c(N)n(CCCC)c(=O)[nH]c1=O. The molecule has 9 nitrogen and oxygen atoms in total. The molecule has 0 aliphatic heterocycles. The van der Waals surface area contributed by atoms with Gasteiger partial charge in [0.25, 0.3) is 11.5 Å². The van der Waals surface area contributed by atoms with Crippen LogP contribution in [-0.4, -0.2) is 27.2 Å². The quantitative estimate of drug-likeness (QED) is 0.542. The molecule has 0 aliphatic rings. The molecule has 0 bridgehead atoms. The maximum Gasteiger partial charge on any atom is 0.330 e. The van der Waals surface area contributed by atoms with Crippen LogP contribution in [-0.2, 0) is 6.54 Å². The average molecular weight is 425 g/mol. The molecule has 164 valence electrons. The molecule has 0 saturated heterocycles. The van der Waals surface area contributed by atoms with Crippen molar-refractivity contribution < 1.29 is 9.32 Å². The van der Waals surface area contributed by atoms with Crippen LogP contribution in [0.4, 0.5) is 11.5 Å². The van der Waals surface area contributed by atoms with Crippen molar-refractivity contribution in [1.82, 2.24) is 14.7 Å². The number of amides is 1. The van der Waals surface area contributed by atoms with E-state index in [0.717, 1.165) is 18.4 Å². The Kier molecular flexibility index (Phi) is 7.07. The minimum Gasteiger partial charge on any atom is -0.383 e. The molecule has 1 aromatic carbocycles. The number of carbonyl (C=O) groups is 1. The summed E-state index contributed by atoms with van der Waals surface area (Å²) in [6, 6.07) is 10.8. The van der Waals surface area contributed by atoms with E-state index in [-0.39, 0.29) is 23.7 Å². The fraction of sp³-hybridized carbons (Fsp3) is 0.364. The van der Waals surface area contributed by atoms with Crippen LogP contribution in [0.1, 0.15) is 50.0 Å². The summed E-state index contributed by atoms with van der Waals surface area (Å²) < 4.78 is 6.65. The first-order chi connectivity index (χ1) is 15.0. The number of H-pyrrole nitrogens is 1. The number of hydrogen-bond acceptors (Lipinski definition) is 6. The van der Waals surface area contributed by atoms with Crippen LogP contribution in [0.2, 0.25) is 0 Å². The topological polar surface area (TPSA) is 127 Å². The molecule has 0 unspecified atom stereocenters. The van der Waals surface area contributed by atoms with E-state index in [4.69, 9.17) is 10.3 Å². The first-order valence-electron chi connectivity index (χ1n) is 10.4. The molecule has 0 fully saturated rings. The van der Waals surface area contributed by atoms with Gasteiger partial charge in [0.15, 0.2) is 17.1 Å². The number of nitrogens with one attached hydrogen (secondary N) is 1. The number of anilines is 2. The maximum atomic E-state index is 13.3. The van der Waals surface area contributed by atoms with Gasteiger partial charge in [0.05, 0.1) is 0 Å². The van der Waals surface area contributed by atoms with Gasteiger partial charge in [0.1, 0.15) is 5.82 Å². The van der Waals surface area contributed by atoms with Crippen LogP contribution in [0.3, 0.4) is 0 Å². The number of nitrogens with two attached hydrogens (primary N) is 1. The average Bonchev–Trinajstić information content (AvgIpc) is 3.26. The molecule has 3 rings (SSSR count). The van der Waals surface area contributed by atoms with Crippen molar-refractivity contribution in [1.29, 1.82) is 0 Å². The fourth-order valence-electron chi connectivity index (χ4n) is 3.26. The van der Waals surface area contributed by atoms with Crippen molar-refractivity contribution in [2.75, 3.05) is 17.2 Å². The van der Waals surface area contributed by atoms with Crippen molar-refractivity contribution in [2.24, 2.45) is 0 Å². The van der Waals surface area contributed by atoms with Crippen LogP contribution in [0, 0.1) is 0 Å². The van der Waals surface area contributed by atoms with Crippen molar-refractivity contribution in [2.45, 2.75) is 46.1 Å². The largest absolute Gasteiger partial charge is 0.383 e. The lowest BCUT2D eigenvalue weighted by molar-refractivity contribution is 0.0977. The second-order valence-corrected chi connectivity index (χ2v) is 7.25. The third-order valence-corrected chi connectivity index (χ3v) is 4.99. The van der Waals surface area contributed by atoms with E-state index in [1.165, 1.54) is 15.5 Å². The number of hydrogen-bond donors (Lipinski definition) is 2. The van der Waals surface area contributed by atoms with Gasteiger partial charge in [-0.1, -0.05) is 62.2 Å². The number of benzene rings is 1. The van der Waals surface area contributed by atoms with E-state index in [1.807, 2.05) is 44.2 Å². The van der Waals surface area contributed by atoms with Crippen LogP contribution < -0.4 is 21.9 Å². The minimum atomic E-state index is -0.702. The fourth-order valence-corrected chi connectivity index (χ4v) is 3.26. The third-order valence-electron chi connectivity index (χ3n) is 4.99. The van der Waals surface area contributed by atoms with Crippen molar-refractivity contribution >= 4 is 17.4 Å². The van der Waals surface area contributed by atoms with Crippen LogP contribution >= 0.6 is 0 Å². The highest BCUT2D eigenvalue weighted by Crippen LogP contribution is 2.24. The van der Waals surface area contributed by atoms with Crippen LogP contribution in [0.5, 0.6) is 0 Å². The standard InChI is InChI=1S/C22H27N5O4/c1-3-5-12-26(18-19(23)27(13-6-4-2)22(30)24-20(18)28)21(29)16-14-17(31-25-16)15-10-8-7-9-11-15/h7-11,14H,3-6,12-13,23H2,1-2H3,(H,24,28,30). The Bertz CT molecular complexity index is 1150. The summed E-state index contributed by atoms with van der Waals surface area (Å²) in [6.45, 7) is 4.56. The van der Waals surface area contributed by atoms with Gasteiger partial charge in [-0.25, -0.2) is 4.79 Å². The zero-order valence-electron chi connectivity index (χ0n) is 17.8. The molecule has 0 spiro atoms. The lowest BCUT2D eigenvalue weighted by Crippen LogP contribution is -2.41. The molecule has 0 aliphatic carbocycles. The summed E-state index contributed by atoms with van der Waals surface area (Å²) in [5.74, 6) is -0.107. The first-order valence-corrected chi connectivity index (χ1v) is 10.4. The highest BCUT2D eigenvalue weighted by Gasteiger charge is 2.27. The van der Waals surface area contributed by atoms with E-state index in [0.29, 0.717) is 25.1 Å². The van der Waals surface area contributed by atoms with Crippen LogP contribution in [0.15, 0.2) is 50.5 Å². The van der Waals surface area contributed by atoms with Gasteiger partial charge in [-0.3, -0.25) is 24.0 Å². The third kappa shape index (κ3) is 4.76. The Labute approximate surface area is 179 Å². The normalized spacial score (nSPS) is 10.9. The molecule has 3 N–H and O–H groups in total. The highest BCUT2D eigenvalue weighted by atomic mass is 16.5. The highest BCUT2D eigenvalue weighted by molar-refractivity contribution is 6.06. The van der Waals surface area contributed by atoms with E-state index >= 15 is 0 Å². The molecule has 1 amide bonds. The van der Waals surface area contributed by atoms with Gasteiger partial charge in [-0.2, -0.15) is 0 Å². The van der Waals surface area contributed by atoms with Gasteiger partial charge >= 0.3 is 5.69 Å². The predicted octanol–water partition coefficient (Wildman–Crippen LogP) is 3.02. The molecule has 0 atom stereocenters. The summed E-state index contributed by atoms with van der Waals surface area (Å²) in [4.78, 5) is 41.8. The second-order valence-electron chi connectivity index (χ2n) is 7.25. The molecule has 0 radical (unpaired) electrons. The Morgan fingerprint density at radius 2 is 1.87 bits per heavy atom. The van der Waals surface area contributed by atoms with E-state index in [1.54, 1.807) is 0 Å². The van der Waals surface area contributed by atoms with Crippen molar-refractivity contribution in [3.8, 4) is 11.3 Å². The molecule has 0 saturated carbocycles. The number of aromatic nitrogens is 3. The minimum absolute atomic E-state index is 0.0292. The van der Waals surface area contributed by atoms with Crippen LogP contribution in [0.25, 0.3) is 11.3 Å². The second kappa shape index (κ2) is 9.92. The van der Waals surface area contributed by atoms with Gasteiger partial charge in [-0.05, 0) is 12.8 Å². The number of aromatic amines is 1. The first kappa shape index (κ1) is 22.1. The zero-order valence-corrected chi connectivity index (χ0v) is 17.8. The Hall–Kier alpha value is -3.62. The van der Waals surface area contributed by atoms with Crippen molar-refractivity contribution in [3.63, 3.8) is 0 Å². The lowest BCUT2D eigenvalue weighted by Gasteiger charge is -2.23. The van der Waals surface area contributed by atoms with Gasteiger partial charge in [0.2, 0.25) is 0 Å². The van der Waals surface area contributed by atoms with Gasteiger partial charge in [0, 0.05) is 24.7 Å². The molecule has 2 aromatic heterocycles. The summed E-state index contributed by atoms with van der Waals surface area (Å²) in [5, 5.41) is 3.91. The Morgan fingerprint density at radius 3 is 2.55 bits per heavy atom. The van der Waals surface area contributed by atoms with Gasteiger partial charge in [-0.15, -0.1) is 0 Å². The molecular formula is C22H27N5O4.